The summed E-state index contributed by atoms with van der Waals surface area (Å²) in [6.07, 6.45) is 0.380. The van der Waals surface area contributed by atoms with Crippen molar-refractivity contribution in [1.29, 1.82) is 0 Å². The topological polar surface area (TPSA) is 79.5 Å². The number of carboxylic acids is 1. The van der Waals surface area contributed by atoms with Crippen LogP contribution < -0.4 is 5.32 Å². The molecule has 0 saturated heterocycles. The van der Waals surface area contributed by atoms with Gasteiger partial charge in [-0.25, -0.2) is 4.39 Å². The molecule has 6 heteroatoms. The van der Waals surface area contributed by atoms with Crippen molar-refractivity contribution < 1.29 is 23.5 Å². The molecular weight excluding hydrogens is 277 g/mol. The van der Waals surface area contributed by atoms with E-state index in [0.29, 0.717) is 23.2 Å². The van der Waals surface area contributed by atoms with Gasteiger partial charge in [0.05, 0.1) is 18.4 Å². The molecule has 0 bridgehead atoms. The first-order valence-corrected chi connectivity index (χ1v) is 6.65. The van der Waals surface area contributed by atoms with E-state index < -0.39 is 17.8 Å². The number of nitrogens with one attached hydrogen (secondary N) is 1. The van der Waals surface area contributed by atoms with Gasteiger partial charge in [-0.3, -0.25) is 9.59 Å². The van der Waals surface area contributed by atoms with Gasteiger partial charge in [0.25, 0.3) is 0 Å². The third kappa shape index (κ3) is 2.49. The van der Waals surface area contributed by atoms with Crippen molar-refractivity contribution in [3.05, 3.63) is 35.3 Å². The van der Waals surface area contributed by atoms with Gasteiger partial charge in [0, 0.05) is 10.9 Å². The molecule has 2 atom stereocenters. The highest BCUT2D eigenvalue weighted by molar-refractivity contribution is 5.89. The number of carboxylic acid groups (broad SMARTS) is 1. The fraction of sp³-hybridized carbons (Fsp3) is 0.333. The van der Waals surface area contributed by atoms with Gasteiger partial charge in [-0.1, -0.05) is 0 Å². The van der Waals surface area contributed by atoms with Crippen LogP contribution in [0.2, 0.25) is 0 Å². The lowest BCUT2D eigenvalue weighted by atomic mass is 10.1. The SMILES string of the molecule is Cc1c(CNC(=O)[C@@H]2C[C@@H]2C(=O)O)oc2ccc(F)cc12. The maximum Gasteiger partial charge on any atom is 0.307 e. The van der Waals surface area contributed by atoms with Crippen LogP contribution in [-0.4, -0.2) is 17.0 Å². The predicted octanol–water partition coefficient (Wildman–Crippen LogP) is 2.22. The minimum absolute atomic E-state index is 0.170. The normalized spacial score (nSPS) is 20.5. The van der Waals surface area contributed by atoms with E-state index in [4.69, 9.17) is 9.52 Å². The second kappa shape index (κ2) is 4.87. The largest absolute Gasteiger partial charge is 0.481 e. The molecule has 1 aliphatic rings. The van der Waals surface area contributed by atoms with E-state index in [-0.39, 0.29) is 18.3 Å². The number of rotatable bonds is 4. The molecule has 1 aromatic carbocycles. The van der Waals surface area contributed by atoms with Crippen LogP contribution in [0.15, 0.2) is 22.6 Å². The van der Waals surface area contributed by atoms with Gasteiger partial charge in [-0.05, 0) is 31.5 Å². The quantitative estimate of drug-likeness (QED) is 0.905. The highest BCUT2D eigenvalue weighted by atomic mass is 19.1. The highest BCUT2D eigenvalue weighted by Crippen LogP contribution is 2.38. The van der Waals surface area contributed by atoms with Gasteiger partial charge in [-0.15, -0.1) is 0 Å². The molecule has 0 radical (unpaired) electrons. The van der Waals surface area contributed by atoms with E-state index in [1.807, 2.05) is 0 Å². The second-order valence-corrected chi connectivity index (χ2v) is 5.30. The molecule has 1 aromatic heterocycles. The van der Waals surface area contributed by atoms with Crippen molar-refractivity contribution >= 4 is 22.8 Å². The zero-order chi connectivity index (χ0) is 15.1. The summed E-state index contributed by atoms with van der Waals surface area (Å²) in [4.78, 5) is 22.5. The molecule has 1 amide bonds. The Bertz CT molecular complexity index is 737. The lowest BCUT2D eigenvalue weighted by molar-refractivity contribution is -0.140. The summed E-state index contributed by atoms with van der Waals surface area (Å²) in [5.74, 6) is -2.04. The van der Waals surface area contributed by atoms with Gasteiger partial charge in [0.2, 0.25) is 5.91 Å². The highest BCUT2D eigenvalue weighted by Gasteiger charge is 2.48. The van der Waals surface area contributed by atoms with Crippen LogP contribution in [0.5, 0.6) is 0 Å². The summed E-state index contributed by atoms with van der Waals surface area (Å²) in [5.41, 5.74) is 1.34. The Morgan fingerprint density at radius 2 is 2.19 bits per heavy atom. The van der Waals surface area contributed by atoms with E-state index in [2.05, 4.69) is 5.32 Å². The van der Waals surface area contributed by atoms with Crippen molar-refractivity contribution in [2.24, 2.45) is 11.8 Å². The number of amides is 1. The third-order valence-corrected chi connectivity index (χ3v) is 3.86. The predicted molar refractivity (Wildman–Crippen MR) is 72.0 cm³/mol. The molecule has 2 N–H and O–H groups in total. The first-order chi connectivity index (χ1) is 9.97. The number of hydrogen-bond donors (Lipinski definition) is 2. The molecule has 2 aromatic rings. The molecule has 1 saturated carbocycles. The van der Waals surface area contributed by atoms with Gasteiger partial charge in [-0.2, -0.15) is 0 Å². The number of halogens is 1. The molecule has 1 heterocycles. The standard InChI is InChI=1S/C15H14FNO4/c1-7-9-4-8(16)2-3-12(9)21-13(7)6-17-14(18)10-5-11(10)15(19)20/h2-4,10-11H,5-6H2,1H3,(H,17,18)(H,19,20)/t10-,11+/m1/s1. The maximum absolute atomic E-state index is 13.2. The molecule has 21 heavy (non-hydrogen) atoms. The van der Waals surface area contributed by atoms with E-state index in [0.717, 1.165) is 5.56 Å². The van der Waals surface area contributed by atoms with Crippen LogP contribution in [0.1, 0.15) is 17.7 Å². The summed E-state index contributed by atoms with van der Waals surface area (Å²) in [6.45, 7) is 1.97. The fourth-order valence-corrected chi connectivity index (χ4v) is 2.47. The fourth-order valence-electron chi connectivity index (χ4n) is 2.47. The molecule has 1 fully saturated rings. The lowest BCUT2D eigenvalue weighted by Crippen LogP contribution is -2.26. The minimum Gasteiger partial charge on any atom is -0.481 e. The van der Waals surface area contributed by atoms with Crippen LogP contribution in [-0.2, 0) is 16.1 Å². The molecular formula is C15H14FNO4. The number of hydrogen-bond acceptors (Lipinski definition) is 3. The zero-order valence-corrected chi connectivity index (χ0v) is 11.4. The lowest BCUT2D eigenvalue weighted by Gasteiger charge is -2.02. The molecule has 1 aliphatic carbocycles. The number of fused-ring (bicyclic) bond motifs is 1. The zero-order valence-electron chi connectivity index (χ0n) is 11.4. The Kier molecular flexibility index (Phi) is 3.16. The first kappa shape index (κ1) is 13.6. The number of aliphatic carboxylic acids is 1. The third-order valence-electron chi connectivity index (χ3n) is 3.86. The van der Waals surface area contributed by atoms with E-state index in [1.165, 1.54) is 12.1 Å². The summed E-state index contributed by atoms with van der Waals surface area (Å²) in [7, 11) is 0. The van der Waals surface area contributed by atoms with Gasteiger partial charge < -0.3 is 14.8 Å². The average molecular weight is 291 g/mol. The van der Waals surface area contributed by atoms with Crippen LogP contribution in [0.3, 0.4) is 0 Å². The number of aryl methyl sites for hydroxylation is 1. The Hall–Kier alpha value is -2.37. The van der Waals surface area contributed by atoms with Gasteiger partial charge >= 0.3 is 5.97 Å². The van der Waals surface area contributed by atoms with Crippen molar-refractivity contribution in [2.45, 2.75) is 19.9 Å². The number of benzene rings is 1. The number of furan rings is 1. The monoisotopic (exact) mass is 291 g/mol. The summed E-state index contributed by atoms with van der Waals surface area (Å²) >= 11 is 0. The van der Waals surface area contributed by atoms with E-state index in [1.54, 1.807) is 13.0 Å². The van der Waals surface area contributed by atoms with Crippen molar-refractivity contribution in [3.8, 4) is 0 Å². The summed E-state index contributed by atoms with van der Waals surface area (Å²) in [5, 5.41) is 12.1. The Balaban J connectivity index is 1.70. The second-order valence-electron chi connectivity index (χ2n) is 5.30. The van der Waals surface area contributed by atoms with Crippen LogP contribution in [0, 0.1) is 24.6 Å². The van der Waals surface area contributed by atoms with Crippen molar-refractivity contribution in [2.75, 3.05) is 0 Å². The molecule has 110 valence electrons. The van der Waals surface area contributed by atoms with E-state index >= 15 is 0 Å². The van der Waals surface area contributed by atoms with Crippen molar-refractivity contribution in [1.82, 2.24) is 5.32 Å². The molecule has 0 aliphatic heterocycles. The summed E-state index contributed by atoms with van der Waals surface area (Å²) < 4.78 is 18.8. The van der Waals surface area contributed by atoms with Crippen LogP contribution in [0.4, 0.5) is 4.39 Å². The molecule has 0 spiro atoms. The number of carbonyl (C=O) groups is 2. The maximum atomic E-state index is 13.2. The Labute approximate surface area is 119 Å². The van der Waals surface area contributed by atoms with Gasteiger partial charge in [0.1, 0.15) is 17.2 Å². The first-order valence-electron chi connectivity index (χ1n) is 6.65. The van der Waals surface area contributed by atoms with Gasteiger partial charge in [0.15, 0.2) is 0 Å². The Morgan fingerprint density at radius 3 is 2.86 bits per heavy atom. The smallest absolute Gasteiger partial charge is 0.307 e. The van der Waals surface area contributed by atoms with Crippen LogP contribution in [0.25, 0.3) is 11.0 Å². The molecule has 5 nitrogen and oxygen atoms in total. The Morgan fingerprint density at radius 1 is 1.43 bits per heavy atom. The molecule has 0 unspecified atom stereocenters. The van der Waals surface area contributed by atoms with Crippen molar-refractivity contribution in [3.63, 3.8) is 0 Å². The van der Waals surface area contributed by atoms with E-state index in [9.17, 15) is 14.0 Å². The summed E-state index contributed by atoms with van der Waals surface area (Å²) in [6, 6.07) is 4.25. The minimum atomic E-state index is -0.939. The van der Waals surface area contributed by atoms with Crippen LogP contribution >= 0.6 is 0 Å². The molecule has 3 rings (SSSR count). The average Bonchev–Trinajstić information content (AvgIpc) is 3.19. The number of carbonyl (C=O) groups excluding carboxylic acids is 1.